The van der Waals surface area contributed by atoms with Gasteiger partial charge in [0.25, 0.3) is 5.91 Å². The van der Waals surface area contributed by atoms with E-state index in [9.17, 15) is 22.8 Å². The Bertz CT molecular complexity index is 1110. The Kier molecular flexibility index (Phi) is 7.15. The summed E-state index contributed by atoms with van der Waals surface area (Å²) in [6.45, 7) is -0.333. The largest absolute Gasteiger partial charge is 0.488 e. The molecule has 0 atom stereocenters. The molecule has 0 bridgehead atoms. The van der Waals surface area contributed by atoms with Crippen molar-refractivity contribution in [2.75, 3.05) is 11.9 Å². The van der Waals surface area contributed by atoms with E-state index in [0.29, 0.717) is 16.8 Å². The molecule has 0 unspecified atom stereocenters. The third kappa shape index (κ3) is 5.76. The van der Waals surface area contributed by atoms with Gasteiger partial charge in [0, 0.05) is 5.02 Å². The molecular weight excluding hydrogens is 433 g/mol. The predicted molar refractivity (Wildman–Crippen MR) is 110 cm³/mol. The number of carbonyl (C=O) groups is 2. The molecule has 3 aromatic rings. The van der Waals surface area contributed by atoms with Crippen molar-refractivity contribution in [3.63, 3.8) is 0 Å². The van der Waals surface area contributed by atoms with Crippen molar-refractivity contribution in [2.24, 2.45) is 0 Å². The van der Waals surface area contributed by atoms with Gasteiger partial charge in [-0.25, -0.2) is 13.2 Å². The first-order valence-electron chi connectivity index (χ1n) is 9.03. The Morgan fingerprint density at radius 2 is 1.61 bits per heavy atom. The molecule has 160 valence electrons. The van der Waals surface area contributed by atoms with Crippen molar-refractivity contribution in [3.05, 3.63) is 94.3 Å². The van der Waals surface area contributed by atoms with Gasteiger partial charge in [-0.3, -0.25) is 9.59 Å². The highest BCUT2D eigenvalue weighted by Gasteiger charge is 2.17. The number of hydrogen-bond acceptors (Lipinski definition) is 3. The van der Waals surface area contributed by atoms with E-state index >= 15 is 0 Å². The van der Waals surface area contributed by atoms with Crippen LogP contribution in [0.25, 0.3) is 0 Å². The fourth-order valence-electron chi connectivity index (χ4n) is 2.59. The first-order chi connectivity index (χ1) is 14.8. The van der Waals surface area contributed by atoms with Crippen LogP contribution in [0.5, 0.6) is 5.75 Å². The molecule has 0 aliphatic rings. The minimum Gasteiger partial charge on any atom is -0.488 e. The van der Waals surface area contributed by atoms with Crippen molar-refractivity contribution in [3.8, 4) is 5.75 Å². The standard InChI is InChI=1S/C22H16ClF3N2O3/c23-14-7-5-13(6-8-14)12-31-18-4-2-1-3-15(18)22(30)27-11-19(29)28-17-10-9-16(24)20(25)21(17)26/h1-10H,11-12H2,(H,27,30)(H,28,29). The molecule has 2 amide bonds. The maximum Gasteiger partial charge on any atom is 0.255 e. The highest BCUT2D eigenvalue weighted by Crippen LogP contribution is 2.21. The molecule has 0 aromatic heterocycles. The van der Waals surface area contributed by atoms with Crippen LogP contribution in [0.15, 0.2) is 60.7 Å². The van der Waals surface area contributed by atoms with Gasteiger partial charge >= 0.3 is 0 Å². The number of amides is 2. The molecule has 0 saturated heterocycles. The minimum atomic E-state index is -1.70. The summed E-state index contributed by atoms with van der Waals surface area (Å²) in [5.41, 5.74) is 0.487. The highest BCUT2D eigenvalue weighted by atomic mass is 35.5. The third-order valence-corrected chi connectivity index (χ3v) is 4.41. The van der Waals surface area contributed by atoms with Gasteiger partial charge in [-0.1, -0.05) is 35.9 Å². The van der Waals surface area contributed by atoms with E-state index in [1.165, 1.54) is 6.07 Å². The van der Waals surface area contributed by atoms with Gasteiger partial charge in [-0.15, -0.1) is 0 Å². The van der Waals surface area contributed by atoms with E-state index in [2.05, 4.69) is 10.6 Å². The van der Waals surface area contributed by atoms with E-state index in [0.717, 1.165) is 11.6 Å². The monoisotopic (exact) mass is 448 g/mol. The summed E-state index contributed by atoms with van der Waals surface area (Å²) in [4.78, 5) is 24.4. The molecule has 0 aliphatic heterocycles. The molecule has 2 N–H and O–H groups in total. The Morgan fingerprint density at radius 1 is 0.903 bits per heavy atom. The predicted octanol–water partition coefficient (Wildman–Crippen LogP) is 4.70. The molecule has 0 radical (unpaired) electrons. The number of rotatable bonds is 7. The number of ether oxygens (including phenoxy) is 1. The first-order valence-corrected chi connectivity index (χ1v) is 9.41. The van der Waals surface area contributed by atoms with Crippen molar-refractivity contribution >= 4 is 29.1 Å². The number of benzene rings is 3. The van der Waals surface area contributed by atoms with Gasteiger partial charge < -0.3 is 15.4 Å². The van der Waals surface area contributed by atoms with E-state index in [-0.39, 0.29) is 12.2 Å². The Balaban J connectivity index is 1.60. The van der Waals surface area contributed by atoms with Gasteiger partial charge in [-0.05, 0) is 42.0 Å². The highest BCUT2D eigenvalue weighted by molar-refractivity contribution is 6.30. The van der Waals surface area contributed by atoms with E-state index in [1.54, 1.807) is 42.5 Å². The smallest absolute Gasteiger partial charge is 0.255 e. The zero-order chi connectivity index (χ0) is 22.4. The molecule has 5 nitrogen and oxygen atoms in total. The average Bonchev–Trinajstić information content (AvgIpc) is 2.77. The summed E-state index contributed by atoms with van der Waals surface area (Å²) in [5.74, 6) is -5.74. The zero-order valence-electron chi connectivity index (χ0n) is 15.9. The fraction of sp³-hybridized carbons (Fsp3) is 0.0909. The van der Waals surface area contributed by atoms with Crippen molar-refractivity contribution in [1.29, 1.82) is 0 Å². The summed E-state index contributed by atoms with van der Waals surface area (Å²) < 4.78 is 45.5. The van der Waals surface area contributed by atoms with Crippen LogP contribution in [0.4, 0.5) is 18.9 Å². The Labute approximate surface area is 180 Å². The lowest BCUT2D eigenvalue weighted by Gasteiger charge is -2.12. The lowest BCUT2D eigenvalue weighted by molar-refractivity contribution is -0.115. The molecule has 0 aliphatic carbocycles. The normalized spacial score (nSPS) is 10.5. The van der Waals surface area contributed by atoms with Crippen molar-refractivity contribution < 1.29 is 27.5 Å². The van der Waals surface area contributed by atoms with Gasteiger partial charge in [-0.2, -0.15) is 0 Å². The summed E-state index contributed by atoms with van der Waals surface area (Å²) in [7, 11) is 0. The molecule has 31 heavy (non-hydrogen) atoms. The SMILES string of the molecule is O=C(CNC(=O)c1ccccc1OCc1ccc(Cl)cc1)Nc1ccc(F)c(F)c1F. The topological polar surface area (TPSA) is 67.4 Å². The number of carbonyl (C=O) groups excluding carboxylic acids is 2. The van der Waals surface area contributed by atoms with Crippen LogP contribution < -0.4 is 15.4 Å². The quantitative estimate of drug-likeness (QED) is 0.515. The lowest BCUT2D eigenvalue weighted by atomic mass is 10.2. The Morgan fingerprint density at radius 3 is 2.35 bits per heavy atom. The van der Waals surface area contributed by atoms with Crippen LogP contribution in [-0.2, 0) is 11.4 Å². The second-order valence-corrected chi connectivity index (χ2v) is 6.80. The average molecular weight is 449 g/mol. The van der Waals surface area contributed by atoms with Crippen LogP contribution in [0.3, 0.4) is 0 Å². The molecule has 0 fully saturated rings. The van der Waals surface area contributed by atoms with Crippen LogP contribution in [0, 0.1) is 17.5 Å². The van der Waals surface area contributed by atoms with E-state index < -0.39 is 41.5 Å². The van der Waals surface area contributed by atoms with Crippen LogP contribution >= 0.6 is 11.6 Å². The minimum absolute atomic E-state index is 0.184. The number of hydrogen-bond donors (Lipinski definition) is 2. The summed E-state index contributed by atoms with van der Waals surface area (Å²) in [5, 5.41) is 5.03. The Hall–Kier alpha value is -3.52. The van der Waals surface area contributed by atoms with Gasteiger partial charge in [0.15, 0.2) is 17.5 Å². The fourth-order valence-corrected chi connectivity index (χ4v) is 2.72. The number of nitrogens with one attached hydrogen (secondary N) is 2. The molecule has 3 rings (SSSR count). The first kappa shape index (κ1) is 22.2. The lowest BCUT2D eigenvalue weighted by Crippen LogP contribution is -2.33. The molecule has 0 spiro atoms. The molecular formula is C22H16ClF3N2O3. The zero-order valence-corrected chi connectivity index (χ0v) is 16.7. The van der Waals surface area contributed by atoms with E-state index in [1.807, 2.05) is 0 Å². The molecule has 0 heterocycles. The molecule has 0 saturated carbocycles. The van der Waals surface area contributed by atoms with Crippen LogP contribution in [0.2, 0.25) is 5.02 Å². The molecule has 3 aromatic carbocycles. The van der Waals surface area contributed by atoms with Crippen molar-refractivity contribution in [1.82, 2.24) is 5.32 Å². The maximum absolute atomic E-state index is 13.6. The van der Waals surface area contributed by atoms with Crippen molar-refractivity contribution in [2.45, 2.75) is 6.61 Å². The van der Waals surface area contributed by atoms with Crippen LogP contribution in [0.1, 0.15) is 15.9 Å². The number of anilines is 1. The number of para-hydroxylation sites is 1. The second-order valence-electron chi connectivity index (χ2n) is 6.37. The summed E-state index contributed by atoms with van der Waals surface area (Å²) in [6.07, 6.45) is 0. The van der Waals surface area contributed by atoms with Gasteiger partial charge in [0.05, 0.1) is 17.8 Å². The van der Waals surface area contributed by atoms with Gasteiger partial charge in [0.2, 0.25) is 5.91 Å². The molecule has 9 heteroatoms. The maximum atomic E-state index is 13.6. The van der Waals surface area contributed by atoms with E-state index in [4.69, 9.17) is 16.3 Å². The van der Waals surface area contributed by atoms with Gasteiger partial charge in [0.1, 0.15) is 12.4 Å². The summed E-state index contributed by atoms with van der Waals surface area (Å²) in [6, 6.07) is 15.0. The van der Waals surface area contributed by atoms with Crippen LogP contribution in [-0.4, -0.2) is 18.4 Å². The second kappa shape index (κ2) is 9.99. The third-order valence-electron chi connectivity index (χ3n) is 4.16. The number of halogens is 4. The summed E-state index contributed by atoms with van der Waals surface area (Å²) >= 11 is 5.85.